The molecule has 0 saturated heterocycles. The highest BCUT2D eigenvalue weighted by Crippen LogP contribution is 2.13. The molecule has 0 aromatic heterocycles. The molecule has 6 heteroatoms. The molecule has 0 aliphatic heterocycles. The van der Waals surface area contributed by atoms with Crippen molar-refractivity contribution in [2.75, 3.05) is 12.4 Å². The zero-order chi connectivity index (χ0) is 10.8. The number of allylic oxidation sites excluding steroid dienone is 3. The van der Waals surface area contributed by atoms with E-state index in [0.717, 1.165) is 6.08 Å². The molecule has 0 aromatic carbocycles. The van der Waals surface area contributed by atoms with E-state index < -0.39 is 16.4 Å². The van der Waals surface area contributed by atoms with Crippen molar-refractivity contribution < 1.29 is 13.5 Å². The van der Waals surface area contributed by atoms with Crippen molar-refractivity contribution in [3.05, 3.63) is 23.1 Å². The maximum Gasteiger partial charge on any atom is 0.180 e. The van der Waals surface area contributed by atoms with Crippen molar-refractivity contribution in [1.29, 1.82) is 10.8 Å². The summed E-state index contributed by atoms with van der Waals surface area (Å²) in [6.45, 7) is -0.446. The van der Waals surface area contributed by atoms with E-state index in [1.54, 1.807) is 0 Å². The van der Waals surface area contributed by atoms with E-state index in [0.29, 0.717) is 0 Å². The van der Waals surface area contributed by atoms with Crippen LogP contribution in [0.5, 0.6) is 0 Å². The standard InChI is InChI=1S/C8H10N2O3S/c9-7-2-1-6(5-8(7)10)14(12,13)4-3-11/h1-2,5,9-11H,3-4H2. The predicted octanol–water partition coefficient (Wildman–Crippen LogP) is -0.113. The normalized spacial score (nSPS) is 17.1. The van der Waals surface area contributed by atoms with Crippen LogP contribution in [0.15, 0.2) is 23.1 Å². The fraction of sp³-hybridized carbons (Fsp3) is 0.250. The Bertz CT molecular complexity index is 432. The van der Waals surface area contributed by atoms with Crippen LogP contribution in [0.3, 0.4) is 0 Å². The van der Waals surface area contributed by atoms with Gasteiger partial charge in [0.25, 0.3) is 0 Å². The lowest BCUT2D eigenvalue weighted by molar-refractivity contribution is 0.320. The third kappa shape index (κ3) is 2.15. The van der Waals surface area contributed by atoms with E-state index in [1.807, 2.05) is 0 Å². The largest absolute Gasteiger partial charge is 0.395 e. The third-order valence-corrected chi connectivity index (χ3v) is 3.40. The van der Waals surface area contributed by atoms with Gasteiger partial charge in [-0.1, -0.05) is 0 Å². The van der Waals surface area contributed by atoms with E-state index in [2.05, 4.69) is 0 Å². The summed E-state index contributed by atoms with van der Waals surface area (Å²) in [4.78, 5) is -0.0208. The predicted molar refractivity (Wildman–Crippen MR) is 53.5 cm³/mol. The van der Waals surface area contributed by atoms with Crippen molar-refractivity contribution in [2.24, 2.45) is 0 Å². The molecule has 0 aromatic rings. The first-order valence-corrected chi connectivity index (χ1v) is 5.53. The van der Waals surface area contributed by atoms with Crippen LogP contribution in [0.4, 0.5) is 0 Å². The van der Waals surface area contributed by atoms with Gasteiger partial charge in [-0.2, -0.15) is 0 Å². The number of sulfone groups is 1. The quantitative estimate of drug-likeness (QED) is 0.571. The molecule has 0 radical (unpaired) electrons. The fourth-order valence-electron chi connectivity index (χ4n) is 0.955. The molecule has 1 aliphatic carbocycles. The van der Waals surface area contributed by atoms with Gasteiger partial charge >= 0.3 is 0 Å². The van der Waals surface area contributed by atoms with Gasteiger partial charge in [0.2, 0.25) is 0 Å². The molecule has 1 rings (SSSR count). The lowest BCUT2D eigenvalue weighted by atomic mass is 10.1. The van der Waals surface area contributed by atoms with Gasteiger partial charge < -0.3 is 5.11 Å². The molecule has 0 bridgehead atoms. The van der Waals surface area contributed by atoms with Gasteiger partial charge in [0.15, 0.2) is 9.84 Å². The molecule has 0 spiro atoms. The Morgan fingerprint density at radius 2 is 1.86 bits per heavy atom. The van der Waals surface area contributed by atoms with Gasteiger partial charge in [-0.25, -0.2) is 8.42 Å². The Morgan fingerprint density at radius 1 is 1.21 bits per heavy atom. The van der Waals surface area contributed by atoms with E-state index >= 15 is 0 Å². The van der Waals surface area contributed by atoms with Crippen molar-refractivity contribution >= 4 is 21.3 Å². The molecule has 76 valence electrons. The number of aliphatic hydroxyl groups excluding tert-OH is 1. The first kappa shape index (κ1) is 10.8. The highest BCUT2D eigenvalue weighted by molar-refractivity contribution is 7.95. The molecule has 0 saturated carbocycles. The number of rotatable bonds is 3. The maximum absolute atomic E-state index is 11.4. The second-order valence-electron chi connectivity index (χ2n) is 2.75. The average molecular weight is 214 g/mol. The van der Waals surface area contributed by atoms with E-state index in [1.165, 1.54) is 12.2 Å². The van der Waals surface area contributed by atoms with Gasteiger partial charge in [-0.3, -0.25) is 10.8 Å². The Hall–Kier alpha value is -1.27. The first-order valence-electron chi connectivity index (χ1n) is 3.88. The van der Waals surface area contributed by atoms with E-state index in [4.69, 9.17) is 15.9 Å². The lowest BCUT2D eigenvalue weighted by Crippen LogP contribution is -2.17. The molecule has 5 nitrogen and oxygen atoms in total. The average Bonchev–Trinajstić information content (AvgIpc) is 2.09. The van der Waals surface area contributed by atoms with Crippen molar-refractivity contribution in [3.8, 4) is 0 Å². The number of hydrogen-bond acceptors (Lipinski definition) is 5. The van der Waals surface area contributed by atoms with Crippen molar-refractivity contribution in [1.82, 2.24) is 0 Å². The fourth-order valence-corrected chi connectivity index (χ4v) is 2.00. The summed E-state index contributed by atoms with van der Waals surface area (Å²) in [5.41, 5.74) is -0.156. The molecule has 14 heavy (non-hydrogen) atoms. The van der Waals surface area contributed by atoms with Crippen LogP contribution < -0.4 is 0 Å². The Kier molecular flexibility index (Phi) is 2.97. The molecular formula is C8H10N2O3S. The van der Waals surface area contributed by atoms with Crippen LogP contribution in [0, 0.1) is 10.8 Å². The van der Waals surface area contributed by atoms with Crippen LogP contribution in [0.1, 0.15) is 0 Å². The molecule has 0 unspecified atom stereocenters. The summed E-state index contributed by atoms with van der Waals surface area (Å²) in [6, 6.07) is 0. The topological polar surface area (TPSA) is 102 Å². The van der Waals surface area contributed by atoms with Gasteiger partial charge in [-0.15, -0.1) is 0 Å². The van der Waals surface area contributed by atoms with Gasteiger partial charge in [0, 0.05) is 0 Å². The molecule has 0 atom stereocenters. The van der Waals surface area contributed by atoms with Crippen molar-refractivity contribution in [3.63, 3.8) is 0 Å². The first-order chi connectivity index (χ1) is 6.47. The molecule has 3 N–H and O–H groups in total. The summed E-state index contributed by atoms with van der Waals surface area (Å²) >= 11 is 0. The minimum absolute atomic E-state index is 0.0204. The smallest absolute Gasteiger partial charge is 0.180 e. The Balaban J connectivity index is 3.03. The van der Waals surface area contributed by atoms with Crippen LogP contribution in [-0.4, -0.2) is 37.3 Å². The second-order valence-corrected chi connectivity index (χ2v) is 4.86. The highest BCUT2D eigenvalue weighted by Gasteiger charge is 2.18. The van der Waals surface area contributed by atoms with Crippen LogP contribution in [-0.2, 0) is 9.84 Å². The summed E-state index contributed by atoms with van der Waals surface area (Å²) in [6.07, 6.45) is 3.64. The lowest BCUT2D eigenvalue weighted by Gasteiger charge is -2.08. The SMILES string of the molecule is N=C1C=CC(S(=O)(=O)CCO)=CC1=N. The third-order valence-electron chi connectivity index (χ3n) is 1.71. The van der Waals surface area contributed by atoms with E-state index in [9.17, 15) is 8.42 Å². The minimum Gasteiger partial charge on any atom is -0.395 e. The van der Waals surface area contributed by atoms with Gasteiger partial charge in [0.05, 0.1) is 28.7 Å². The monoisotopic (exact) mass is 214 g/mol. The zero-order valence-corrected chi connectivity index (χ0v) is 8.13. The molecular weight excluding hydrogens is 204 g/mol. The second kappa shape index (κ2) is 3.85. The van der Waals surface area contributed by atoms with Crippen LogP contribution in [0.2, 0.25) is 0 Å². The van der Waals surface area contributed by atoms with Crippen molar-refractivity contribution in [2.45, 2.75) is 0 Å². The van der Waals surface area contributed by atoms with Crippen LogP contribution in [0.25, 0.3) is 0 Å². The summed E-state index contributed by atoms with van der Waals surface area (Å²) in [5.74, 6) is -0.357. The van der Waals surface area contributed by atoms with Crippen LogP contribution >= 0.6 is 0 Å². The minimum atomic E-state index is -3.50. The summed E-state index contributed by atoms with van der Waals surface area (Å²) in [5, 5.41) is 23.0. The molecule has 1 aliphatic rings. The Labute approximate surface area is 81.7 Å². The zero-order valence-electron chi connectivity index (χ0n) is 7.32. The van der Waals surface area contributed by atoms with Gasteiger partial charge in [-0.05, 0) is 18.2 Å². The number of hydrogen-bond donors (Lipinski definition) is 3. The summed E-state index contributed by atoms with van der Waals surface area (Å²) < 4.78 is 22.8. The number of nitrogens with one attached hydrogen (secondary N) is 2. The highest BCUT2D eigenvalue weighted by atomic mass is 32.2. The van der Waals surface area contributed by atoms with Gasteiger partial charge in [0.1, 0.15) is 0 Å². The van der Waals surface area contributed by atoms with E-state index in [-0.39, 0.29) is 22.1 Å². The number of aliphatic hydroxyl groups is 1. The molecule has 0 amide bonds. The summed E-state index contributed by atoms with van der Waals surface area (Å²) in [7, 11) is -3.50. The molecule has 0 heterocycles. The Morgan fingerprint density at radius 3 is 2.36 bits per heavy atom. The maximum atomic E-state index is 11.4. The molecule has 0 fully saturated rings.